The zero-order valence-electron chi connectivity index (χ0n) is 15.3. The number of hydrogen-bond acceptors (Lipinski definition) is 5. The summed E-state index contributed by atoms with van der Waals surface area (Å²) >= 11 is 0. The summed E-state index contributed by atoms with van der Waals surface area (Å²) in [6, 6.07) is 1.54. The maximum atomic E-state index is 12.9. The molecular weight excluding hydrogens is 346 g/mol. The van der Waals surface area contributed by atoms with E-state index in [2.05, 4.69) is 20.5 Å². The maximum absolute atomic E-state index is 12.9. The summed E-state index contributed by atoms with van der Waals surface area (Å²) in [6.45, 7) is 2.03. The van der Waals surface area contributed by atoms with Crippen molar-refractivity contribution in [2.45, 2.75) is 38.3 Å². The van der Waals surface area contributed by atoms with Crippen LogP contribution in [0.15, 0.2) is 18.6 Å². The zero-order chi connectivity index (χ0) is 18.6. The van der Waals surface area contributed by atoms with Crippen LogP contribution in [0.2, 0.25) is 0 Å². The van der Waals surface area contributed by atoms with Crippen LogP contribution in [0.1, 0.15) is 48.0 Å². The Morgan fingerprint density at radius 1 is 1.26 bits per heavy atom. The molecule has 1 N–H and O–H groups in total. The van der Waals surface area contributed by atoms with Gasteiger partial charge in [-0.15, -0.1) is 0 Å². The summed E-state index contributed by atoms with van der Waals surface area (Å²) in [5.74, 6) is 0.993. The molecule has 142 valence electrons. The fourth-order valence-electron chi connectivity index (χ4n) is 4.44. The lowest BCUT2D eigenvalue weighted by atomic mass is 9.74. The van der Waals surface area contributed by atoms with Crippen molar-refractivity contribution in [3.05, 3.63) is 30.1 Å². The number of rotatable bonds is 3. The highest BCUT2D eigenvalue weighted by atomic mass is 16.2. The Morgan fingerprint density at radius 2 is 2.07 bits per heavy atom. The monoisotopic (exact) mass is 369 g/mol. The van der Waals surface area contributed by atoms with Gasteiger partial charge in [0, 0.05) is 44.2 Å². The SMILES string of the molecule is Cn1ccc(C(=O)N2CC[C@@]3(CCn4ncnc4[C@H]3NC(=O)C3CC3)C2)n1. The van der Waals surface area contributed by atoms with E-state index in [9.17, 15) is 9.59 Å². The van der Waals surface area contributed by atoms with Gasteiger partial charge in [0.2, 0.25) is 5.91 Å². The second-order valence-electron chi connectivity index (χ2n) is 8.02. The highest BCUT2D eigenvalue weighted by molar-refractivity contribution is 5.92. The number of fused-ring (bicyclic) bond motifs is 1. The van der Waals surface area contributed by atoms with Gasteiger partial charge in [0.05, 0.1) is 6.04 Å². The Balaban J connectivity index is 1.41. The third-order valence-electron chi connectivity index (χ3n) is 6.18. The quantitative estimate of drug-likeness (QED) is 0.850. The summed E-state index contributed by atoms with van der Waals surface area (Å²) in [7, 11) is 1.81. The van der Waals surface area contributed by atoms with E-state index < -0.39 is 0 Å². The zero-order valence-corrected chi connectivity index (χ0v) is 15.3. The Bertz CT molecular complexity index is 899. The summed E-state index contributed by atoms with van der Waals surface area (Å²) in [5, 5.41) is 11.8. The smallest absolute Gasteiger partial charge is 0.274 e. The number of amides is 2. The summed E-state index contributed by atoms with van der Waals surface area (Å²) < 4.78 is 3.52. The predicted molar refractivity (Wildman–Crippen MR) is 94.4 cm³/mol. The molecule has 5 rings (SSSR count). The first-order valence-electron chi connectivity index (χ1n) is 9.53. The molecule has 2 fully saturated rings. The van der Waals surface area contributed by atoms with Crippen LogP contribution in [0.3, 0.4) is 0 Å². The first kappa shape index (κ1) is 16.5. The molecule has 2 aliphatic heterocycles. The van der Waals surface area contributed by atoms with Crippen molar-refractivity contribution >= 4 is 11.8 Å². The van der Waals surface area contributed by atoms with Crippen LogP contribution in [0, 0.1) is 11.3 Å². The predicted octanol–water partition coefficient (Wildman–Crippen LogP) is 0.515. The van der Waals surface area contributed by atoms with Crippen molar-refractivity contribution in [2.75, 3.05) is 13.1 Å². The summed E-state index contributed by atoms with van der Waals surface area (Å²) in [5.41, 5.74) is 0.268. The number of nitrogens with zero attached hydrogens (tertiary/aromatic N) is 6. The Kier molecular flexibility index (Phi) is 3.60. The van der Waals surface area contributed by atoms with Gasteiger partial charge in [0.1, 0.15) is 17.8 Å². The lowest BCUT2D eigenvalue weighted by Gasteiger charge is -2.40. The molecule has 3 aliphatic rings. The largest absolute Gasteiger partial charge is 0.345 e. The second-order valence-corrected chi connectivity index (χ2v) is 8.02. The standard InChI is InChI=1S/C18H23N7O2/c1-23-7-4-13(22-23)17(27)24-8-5-18(10-24)6-9-25-15(19-11-20-25)14(18)21-16(26)12-2-3-12/h4,7,11-12,14H,2-3,5-6,8-10H2,1H3,(H,21,26)/t14-,18-/m1/s1. The minimum absolute atomic E-state index is 0.0493. The molecule has 27 heavy (non-hydrogen) atoms. The van der Waals surface area contributed by atoms with Gasteiger partial charge in [-0.25, -0.2) is 9.67 Å². The van der Waals surface area contributed by atoms with Gasteiger partial charge in [-0.05, 0) is 31.7 Å². The minimum Gasteiger partial charge on any atom is -0.345 e. The molecule has 1 saturated carbocycles. The molecule has 2 aromatic rings. The highest BCUT2D eigenvalue weighted by Gasteiger charge is 2.51. The average Bonchev–Trinajstić information content (AvgIpc) is 3.05. The molecule has 2 amide bonds. The minimum atomic E-state index is -0.205. The number of carbonyl (C=O) groups excluding carboxylic acids is 2. The van der Waals surface area contributed by atoms with Crippen LogP contribution in [0.4, 0.5) is 0 Å². The number of aryl methyl sites for hydroxylation is 2. The number of nitrogens with one attached hydrogen (secondary N) is 1. The highest BCUT2D eigenvalue weighted by Crippen LogP contribution is 2.48. The van der Waals surface area contributed by atoms with Crippen LogP contribution < -0.4 is 5.32 Å². The van der Waals surface area contributed by atoms with Crippen LogP contribution >= 0.6 is 0 Å². The molecule has 0 radical (unpaired) electrons. The van der Waals surface area contributed by atoms with Crippen LogP contribution in [-0.2, 0) is 18.4 Å². The van der Waals surface area contributed by atoms with E-state index in [1.165, 1.54) is 0 Å². The van der Waals surface area contributed by atoms with Crippen molar-refractivity contribution in [3.63, 3.8) is 0 Å². The first-order chi connectivity index (χ1) is 13.1. The topological polar surface area (TPSA) is 97.9 Å². The van der Waals surface area contributed by atoms with Crippen LogP contribution in [0.25, 0.3) is 0 Å². The van der Waals surface area contributed by atoms with Gasteiger partial charge in [0.25, 0.3) is 5.91 Å². The van der Waals surface area contributed by atoms with E-state index in [4.69, 9.17) is 0 Å². The molecule has 1 spiro atoms. The second kappa shape index (κ2) is 5.90. The van der Waals surface area contributed by atoms with Crippen molar-refractivity contribution in [2.24, 2.45) is 18.4 Å². The Morgan fingerprint density at radius 3 is 2.81 bits per heavy atom. The number of aromatic nitrogens is 5. The Labute approximate surface area is 156 Å². The molecule has 1 aliphatic carbocycles. The summed E-state index contributed by atoms with van der Waals surface area (Å²) in [6.07, 6.45) is 6.96. The van der Waals surface area contributed by atoms with Gasteiger partial charge in [-0.1, -0.05) is 0 Å². The van der Waals surface area contributed by atoms with Gasteiger partial charge in [-0.2, -0.15) is 10.2 Å². The van der Waals surface area contributed by atoms with E-state index in [1.54, 1.807) is 30.3 Å². The molecule has 0 bridgehead atoms. The van der Waals surface area contributed by atoms with Gasteiger partial charge < -0.3 is 10.2 Å². The third-order valence-corrected chi connectivity index (χ3v) is 6.18. The molecule has 0 unspecified atom stereocenters. The van der Waals surface area contributed by atoms with Crippen molar-refractivity contribution in [3.8, 4) is 0 Å². The Hall–Kier alpha value is -2.71. The van der Waals surface area contributed by atoms with E-state index in [0.29, 0.717) is 18.8 Å². The number of hydrogen-bond donors (Lipinski definition) is 1. The van der Waals surface area contributed by atoms with E-state index in [1.807, 2.05) is 9.58 Å². The molecule has 1 saturated heterocycles. The van der Waals surface area contributed by atoms with Gasteiger partial charge in [-0.3, -0.25) is 14.3 Å². The molecule has 4 heterocycles. The van der Waals surface area contributed by atoms with Crippen molar-refractivity contribution < 1.29 is 9.59 Å². The lowest BCUT2D eigenvalue weighted by Crippen LogP contribution is -2.48. The number of likely N-dealkylation sites (tertiary alicyclic amines) is 1. The van der Waals surface area contributed by atoms with Crippen molar-refractivity contribution in [1.29, 1.82) is 0 Å². The maximum Gasteiger partial charge on any atom is 0.274 e. The molecular formula is C18H23N7O2. The number of carbonyl (C=O) groups is 2. The lowest BCUT2D eigenvalue weighted by molar-refractivity contribution is -0.124. The molecule has 2 atom stereocenters. The van der Waals surface area contributed by atoms with E-state index >= 15 is 0 Å². The van der Waals surface area contributed by atoms with E-state index in [-0.39, 0.29) is 29.2 Å². The first-order valence-corrected chi connectivity index (χ1v) is 9.53. The van der Waals surface area contributed by atoms with Crippen LogP contribution in [0.5, 0.6) is 0 Å². The fourth-order valence-corrected chi connectivity index (χ4v) is 4.44. The third kappa shape index (κ3) is 2.72. The normalized spacial score (nSPS) is 27.0. The van der Waals surface area contributed by atoms with E-state index in [0.717, 1.165) is 38.1 Å². The summed E-state index contributed by atoms with van der Waals surface area (Å²) in [4.78, 5) is 31.7. The molecule has 0 aromatic carbocycles. The fraction of sp³-hybridized carbons (Fsp3) is 0.611. The van der Waals surface area contributed by atoms with Crippen molar-refractivity contribution in [1.82, 2.24) is 34.8 Å². The van der Waals surface area contributed by atoms with Gasteiger partial charge in [0.15, 0.2) is 0 Å². The average molecular weight is 369 g/mol. The molecule has 9 nitrogen and oxygen atoms in total. The van der Waals surface area contributed by atoms with Gasteiger partial charge >= 0.3 is 0 Å². The van der Waals surface area contributed by atoms with Crippen LogP contribution in [-0.4, -0.2) is 54.3 Å². The molecule has 9 heteroatoms. The molecule has 2 aromatic heterocycles.